The van der Waals surface area contributed by atoms with E-state index in [-0.39, 0.29) is 24.4 Å². The predicted octanol–water partition coefficient (Wildman–Crippen LogP) is 3.18. The minimum Gasteiger partial charge on any atom is -0.493 e. The molecular weight excluding hydrogens is 505 g/mol. The van der Waals surface area contributed by atoms with Crippen LogP contribution in [0.5, 0.6) is 11.5 Å². The predicted molar refractivity (Wildman–Crippen MR) is 145 cm³/mol. The first-order chi connectivity index (χ1) is 18.9. The van der Waals surface area contributed by atoms with E-state index in [0.717, 1.165) is 4.57 Å². The number of nitrogens with one attached hydrogen (secondary N) is 1. The summed E-state index contributed by atoms with van der Waals surface area (Å²) >= 11 is 0. The van der Waals surface area contributed by atoms with Gasteiger partial charge in [-0.3, -0.25) is 18.7 Å². The van der Waals surface area contributed by atoms with E-state index in [1.54, 1.807) is 55.6 Å². The van der Waals surface area contributed by atoms with Crippen molar-refractivity contribution in [1.29, 1.82) is 0 Å². The molecule has 1 aromatic heterocycles. The van der Waals surface area contributed by atoms with Crippen LogP contribution in [0.1, 0.15) is 27.9 Å². The van der Waals surface area contributed by atoms with Crippen molar-refractivity contribution in [2.45, 2.75) is 19.5 Å². The number of ether oxygens (including phenoxy) is 3. The zero-order valence-electron chi connectivity index (χ0n) is 22.0. The molecule has 0 saturated carbocycles. The Morgan fingerprint density at radius 1 is 0.897 bits per heavy atom. The average Bonchev–Trinajstić information content (AvgIpc) is 2.96. The third-order valence-corrected chi connectivity index (χ3v) is 6.38. The van der Waals surface area contributed by atoms with Crippen LogP contribution in [0, 0.1) is 5.82 Å². The largest absolute Gasteiger partial charge is 0.493 e. The van der Waals surface area contributed by atoms with Crippen LogP contribution in [-0.2, 0) is 17.8 Å². The third kappa shape index (κ3) is 6.01. The number of methoxy groups -OCH3 is 3. The zero-order chi connectivity index (χ0) is 27.9. The van der Waals surface area contributed by atoms with Crippen molar-refractivity contribution < 1.29 is 23.4 Å². The first-order valence-corrected chi connectivity index (χ1v) is 12.4. The lowest BCUT2D eigenvalue weighted by Crippen LogP contribution is -2.40. The maximum absolute atomic E-state index is 14.5. The molecule has 0 spiro atoms. The summed E-state index contributed by atoms with van der Waals surface area (Å²) in [6.45, 7) is 0.887. The Labute approximate surface area is 224 Å². The number of aromatic nitrogens is 2. The molecule has 1 heterocycles. The summed E-state index contributed by atoms with van der Waals surface area (Å²) in [5.41, 5.74) is 0.547. The number of hydrogen-bond acceptors (Lipinski definition) is 6. The Bertz CT molecular complexity index is 1590. The van der Waals surface area contributed by atoms with Gasteiger partial charge in [-0.15, -0.1) is 0 Å². The SMILES string of the molecule is COCCCNC(=O)c1ccc(Cn2c(=O)c3cc(OC)c(OC)cc3n(Cc3ccccc3F)c2=O)cc1. The van der Waals surface area contributed by atoms with Crippen LogP contribution in [0.3, 0.4) is 0 Å². The lowest BCUT2D eigenvalue weighted by atomic mass is 10.1. The Morgan fingerprint density at radius 3 is 2.26 bits per heavy atom. The highest BCUT2D eigenvalue weighted by Gasteiger charge is 2.18. The molecule has 0 saturated heterocycles. The van der Waals surface area contributed by atoms with E-state index in [9.17, 15) is 18.8 Å². The molecule has 0 unspecified atom stereocenters. The van der Waals surface area contributed by atoms with Crippen molar-refractivity contribution in [1.82, 2.24) is 14.5 Å². The summed E-state index contributed by atoms with van der Waals surface area (Å²) in [5, 5.41) is 3.03. The van der Waals surface area contributed by atoms with Crippen LogP contribution in [-0.4, -0.2) is 49.5 Å². The Hall–Kier alpha value is -4.44. The first kappa shape index (κ1) is 27.6. The highest BCUT2D eigenvalue weighted by molar-refractivity contribution is 5.94. The van der Waals surface area contributed by atoms with Gasteiger partial charge in [-0.1, -0.05) is 30.3 Å². The monoisotopic (exact) mass is 535 g/mol. The van der Waals surface area contributed by atoms with Gasteiger partial charge in [0.1, 0.15) is 5.82 Å². The number of benzene rings is 3. The second kappa shape index (κ2) is 12.4. The van der Waals surface area contributed by atoms with Crippen LogP contribution >= 0.6 is 0 Å². The number of carbonyl (C=O) groups excluding carboxylic acids is 1. The Kier molecular flexibility index (Phi) is 8.77. The molecule has 4 aromatic rings. The molecule has 4 rings (SSSR count). The fourth-order valence-corrected chi connectivity index (χ4v) is 4.30. The molecule has 0 aliphatic carbocycles. The number of hydrogen-bond donors (Lipinski definition) is 1. The molecular formula is C29H30FN3O6. The van der Waals surface area contributed by atoms with E-state index < -0.39 is 17.1 Å². The van der Waals surface area contributed by atoms with Gasteiger partial charge >= 0.3 is 5.69 Å². The van der Waals surface area contributed by atoms with Gasteiger partial charge in [-0.2, -0.15) is 0 Å². The van der Waals surface area contributed by atoms with E-state index in [0.29, 0.717) is 53.3 Å². The van der Waals surface area contributed by atoms with E-state index in [1.165, 1.54) is 30.9 Å². The quantitative estimate of drug-likeness (QED) is 0.296. The van der Waals surface area contributed by atoms with Crippen molar-refractivity contribution in [3.8, 4) is 11.5 Å². The van der Waals surface area contributed by atoms with Gasteiger partial charge in [0.25, 0.3) is 11.5 Å². The summed E-state index contributed by atoms with van der Waals surface area (Å²) in [7, 11) is 4.50. The van der Waals surface area contributed by atoms with Gasteiger partial charge in [0, 0.05) is 37.5 Å². The molecule has 10 heteroatoms. The molecule has 1 N–H and O–H groups in total. The Balaban J connectivity index is 1.75. The number of amides is 1. The summed E-state index contributed by atoms with van der Waals surface area (Å²) in [6, 6.07) is 15.9. The fraction of sp³-hybridized carbons (Fsp3) is 0.276. The van der Waals surface area contributed by atoms with Gasteiger partial charge in [-0.05, 0) is 36.2 Å². The van der Waals surface area contributed by atoms with Crippen LogP contribution in [0.4, 0.5) is 4.39 Å². The number of rotatable bonds is 11. The molecule has 0 radical (unpaired) electrons. The second-order valence-corrected chi connectivity index (χ2v) is 8.87. The molecule has 0 atom stereocenters. The van der Waals surface area contributed by atoms with Crippen LogP contribution < -0.4 is 26.0 Å². The van der Waals surface area contributed by atoms with Gasteiger partial charge in [0.2, 0.25) is 0 Å². The molecule has 9 nitrogen and oxygen atoms in total. The first-order valence-electron chi connectivity index (χ1n) is 12.4. The van der Waals surface area contributed by atoms with E-state index in [2.05, 4.69) is 5.32 Å². The Morgan fingerprint density at radius 2 is 1.59 bits per heavy atom. The normalized spacial score (nSPS) is 11.0. The van der Waals surface area contributed by atoms with Gasteiger partial charge < -0.3 is 19.5 Å². The third-order valence-electron chi connectivity index (χ3n) is 6.38. The molecule has 39 heavy (non-hydrogen) atoms. The van der Waals surface area contributed by atoms with Crippen molar-refractivity contribution in [2.24, 2.45) is 0 Å². The maximum Gasteiger partial charge on any atom is 0.332 e. The van der Waals surface area contributed by atoms with Crippen LogP contribution in [0.25, 0.3) is 10.9 Å². The molecule has 1 amide bonds. The van der Waals surface area contributed by atoms with Crippen LogP contribution in [0.15, 0.2) is 70.3 Å². The van der Waals surface area contributed by atoms with Crippen molar-refractivity contribution in [3.63, 3.8) is 0 Å². The topological polar surface area (TPSA) is 101 Å². The molecule has 3 aromatic carbocycles. The number of carbonyl (C=O) groups is 1. The molecule has 0 bridgehead atoms. The summed E-state index contributed by atoms with van der Waals surface area (Å²) in [5.74, 6) is -0.0359. The van der Waals surface area contributed by atoms with Crippen molar-refractivity contribution >= 4 is 16.8 Å². The summed E-state index contributed by atoms with van der Waals surface area (Å²) in [6.07, 6.45) is 0.695. The van der Waals surface area contributed by atoms with E-state index >= 15 is 0 Å². The average molecular weight is 536 g/mol. The molecule has 0 aliphatic rings. The molecule has 0 aliphatic heterocycles. The lowest BCUT2D eigenvalue weighted by Gasteiger charge is -2.17. The number of fused-ring (bicyclic) bond motifs is 1. The molecule has 0 fully saturated rings. The molecule has 204 valence electrons. The fourth-order valence-electron chi connectivity index (χ4n) is 4.30. The minimum absolute atomic E-state index is 0.0467. The summed E-state index contributed by atoms with van der Waals surface area (Å²) in [4.78, 5) is 39.6. The van der Waals surface area contributed by atoms with Gasteiger partial charge in [0.15, 0.2) is 11.5 Å². The standard InChI is InChI=1S/C29H30FN3O6/c1-37-14-6-13-31-27(34)20-11-9-19(10-12-20)17-33-28(35)22-15-25(38-2)26(39-3)16-24(22)32(29(33)36)18-21-7-4-5-8-23(21)30/h4-5,7-12,15-16H,6,13-14,17-18H2,1-3H3,(H,31,34). The van der Waals surface area contributed by atoms with Gasteiger partial charge in [0.05, 0.1) is 38.2 Å². The van der Waals surface area contributed by atoms with E-state index in [1.807, 2.05) is 0 Å². The van der Waals surface area contributed by atoms with Crippen molar-refractivity contribution in [3.05, 3.63) is 104 Å². The van der Waals surface area contributed by atoms with Crippen LogP contribution in [0.2, 0.25) is 0 Å². The summed E-state index contributed by atoms with van der Waals surface area (Å²) < 4.78 is 32.7. The van der Waals surface area contributed by atoms with E-state index in [4.69, 9.17) is 14.2 Å². The highest BCUT2D eigenvalue weighted by atomic mass is 19.1. The zero-order valence-corrected chi connectivity index (χ0v) is 22.0. The number of halogens is 1. The second-order valence-electron chi connectivity index (χ2n) is 8.87. The highest BCUT2D eigenvalue weighted by Crippen LogP contribution is 2.30. The lowest BCUT2D eigenvalue weighted by molar-refractivity contribution is 0.0948. The van der Waals surface area contributed by atoms with Crippen molar-refractivity contribution in [2.75, 3.05) is 34.5 Å². The number of nitrogens with zero attached hydrogens (tertiary/aromatic N) is 2. The smallest absolute Gasteiger partial charge is 0.332 e. The maximum atomic E-state index is 14.5. The minimum atomic E-state index is -0.608. The van der Waals surface area contributed by atoms with Gasteiger partial charge in [-0.25, -0.2) is 9.18 Å².